The molecule has 0 spiro atoms. The molecule has 1 N–H and O–H groups in total. The van der Waals surface area contributed by atoms with Crippen LogP contribution >= 0.6 is 24.0 Å². The number of rotatable bonds is 2. The van der Waals surface area contributed by atoms with Gasteiger partial charge in [0.15, 0.2) is 0 Å². The smallest absolute Gasteiger partial charge is 0.417 e. The SMILES string of the molecule is Cl.O=C(O)C1CC1c1ncc(C(F)(F)F)cc1Cl. The molecule has 1 saturated carbocycles. The molecular weight excluding hydrogens is 294 g/mol. The van der Waals surface area contributed by atoms with Crippen molar-refractivity contribution in [1.29, 1.82) is 0 Å². The fraction of sp³-hybridized carbons (Fsp3) is 0.400. The Balaban J connectivity index is 0.00000162. The van der Waals surface area contributed by atoms with Gasteiger partial charge in [0.25, 0.3) is 0 Å². The molecule has 0 radical (unpaired) electrons. The highest BCUT2D eigenvalue weighted by Gasteiger charge is 2.46. The van der Waals surface area contributed by atoms with Crippen LogP contribution in [-0.4, -0.2) is 16.1 Å². The molecule has 2 rings (SSSR count). The van der Waals surface area contributed by atoms with Gasteiger partial charge in [-0.3, -0.25) is 9.78 Å². The summed E-state index contributed by atoms with van der Waals surface area (Å²) in [6.07, 6.45) is -3.45. The van der Waals surface area contributed by atoms with E-state index in [0.717, 1.165) is 6.07 Å². The van der Waals surface area contributed by atoms with Crippen LogP contribution in [0.3, 0.4) is 0 Å². The Morgan fingerprint density at radius 2 is 2.11 bits per heavy atom. The van der Waals surface area contributed by atoms with Crippen LogP contribution in [-0.2, 0) is 11.0 Å². The molecule has 0 aromatic carbocycles. The first kappa shape index (κ1) is 15.0. The third-order valence-corrected chi connectivity index (χ3v) is 2.96. The molecule has 3 nitrogen and oxygen atoms in total. The molecule has 1 aliphatic rings. The molecular formula is C10H8Cl2F3NO2. The molecule has 2 atom stereocenters. The zero-order valence-corrected chi connectivity index (χ0v) is 10.3. The summed E-state index contributed by atoms with van der Waals surface area (Å²) in [4.78, 5) is 14.3. The molecule has 1 aromatic rings. The summed E-state index contributed by atoms with van der Waals surface area (Å²) < 4.78 is 37.0. The number of hydrogen-bond donors (Lipinski definition) is 1. The quantitative estimate of drug-likeness (QED) is 0.911. The Hall–Kier alpha value is -1.01. The van der Waals surface area contributed by atoms with Crippen molar-refractivity contribution in [3.8, 4) is 0 Å². The lowest BCUT2D eigenvalue weighted by molar-refractivity contribution is -0.139. The van der Waals surface area contributed by atoms with E-state index in [0.29, 0.717) is 12.6 Å². The second kappa shape index (κ2) is 4.93. The lowest BCUT2D eigenvalue weighted by Crippen LogP contribution is -2.07. The number of carboxylic acid groups (broad SMARTS) is 1. The van der Waals surface area contributed by atoms with Crippen molar-refractivity contribution in [3.63, 3.8) is 0 Å². The fourth-order valence-corrected chi connectivity index (χ4v) is 1.95. The molecule has 1 aliphatic carbocycles. The highest BCUT2D eigenvalue weighted by molar-refractivity contribution is 6.31. The third-order valence-electron chi connectivity index (χ3n) is 2.66. The number of hydrogen-bond acceptors (Lipinski definition) is 2. The first-order chi connectivity index (χ1) is 7.80. The van der Waals surface area contributed by atoms with E-state index in [2.05, 4.69) is 4.98 Å². The normalized spacial score (nSPS) is 22.2. The first-order valence-electron chi connectivity index (χ1n) is 4.76. The van der Waals surface area contributed by atoms with E-state index < -0.39 is 23.6 Å². The van der Waals surface area contributed by atoms with E-state index in [9.17, 15) is 18.0 Å². The van der Waals surface area contributed by atoms with Gasteiger partial charge in [-0.2, -0.15) is 13.2 Å². The first-order valence-corrected chi connectivity index (χ1v) is 5.14. The van der Waals surface area contributed by atoms with Gasteiger partial charge in [-0.05, 0) is 12.5 Å². The number of halogens is 5. The number of carbonyl (C=O) groups is 1. The maximum Gasteiger partial charge on any atom is 0.417 e. The lowest BCUT2D eigenvalue weighted by Gasteiger charge is -2.08. The minimum absolute atomic E-state index is 0. The maximum atomic E-state index is 12.3. The summed E-state index contributed by atoms with van der Waals surface area (Å²) in [6, 6.07) is 0.779. The van der Waals surface area contributed by atoms with E-state index in [-0.39, 0.29) is 29.0 Å². The Labute approximate surface area is 111 Å². The van der Waals surface area contributed by atoms with Crippen molar-refractivity contribution in [1.82, 2.24) is 4.98 Å². The summed E-state index contributed by atoms with van der Waals surface area (Å²) in [5.41, 5.74) is -0.703. The molecule has 1 fully saturated rings. The number of nitrogens with zero attached hydrogens (tertiary/aromatic N) is 1. The molecule has 18 heavy (non-hydrogen) atoms. The molecule has 100 valence electrons. The molecule has 0 saturated heterocycles. The molecule has 1 heterocycles. The van der Waals surface area contributed by atoms with Gasteiger partial charge in [-0.15, -0.1) is 12.4 Å². The molecule has 0 amide bonds. The number of aromatic nitrogens is 1. The van der Waals surface area contributed by atoms with E-state index in [4.69, 9.17) is 16.7 Å². The molecule has 2 unspecified atom stereocenters. The maximum absolute atomic E-state index is 12.3. The summed E-state index contributed by atoms with van der Waals surface area (Å²) in [6.45, 7) is 0. The average Bonchev–Trinajstić information content (AvgIpc) is 2.95. The molecule has 0 aliphatic heterocycles. The van der Waals surface area contributed by atoms with E-state index in [1.54, 1.807) is 0 Å². The predicted molar refractivity (Wildman–Crippen MR) is 60.0 cm³/mol. The lowest BCUT2D eigenvalue weighted by atomic mass is 10.2. The highest BCUT2D eigenvalue weighted by atomic mass is 35.5. The second-order valence-electron chi connectivity index (χ2n) is 3.88. The van der Waals surface area contributed by atoms with Crippen LogP contribution in [0.2, 0.25) is 5.02 Å². The van der Waals surface area contributed by atoms with Gasteiger partial charge < -0.3 is 5.11 Å². The summed E-state index contributed by atoms with van der Waals surface area (Å²) in [5.74, 6) is -1.94. The summed E-state index contributed by atoms with van der Waals surface area (Å²) >= 11 is 5.68. The Bertz CT molecular complexity index is 479. The zero-order chi connectivity index (χ0) is 12.8. The largest absolute Gasteiger partial charge is 0.481 e. The van der Waals surface area contributed by atoms with Gasteiger partial charge in [0.2, 0.25) is 0 Å². The van der Waals surface area contributed by atoms with Gasteiger partial charge in [-0.25, -0.2) is 0 Å². The van der Waals surface area contributed by atoms with Crippen molar-refractivity contribution in [2.75, 3.05) is 0 Å². The van der Waals surface area contributed by atoms with Crippen LogP contribution in [0.15, 0.2) is 12.3 Å². The third kappa shape index (κ3) is 2.87. The van der Waals surface area contributed by atoms with Gasteiger partial charge in [0.1, 0.15) is 0 Å². The van der Waals surface area contributed by atoms with Crippen LogP contribution in [0.25, 0.3) is 0 Å². The molecule has 8 heteroatoms. The van der Waals surface area contributed by atoms with E-state index >= 15 is 0 Å². The standard InChI is InChI=1S/C10H7ClF3NO2.ClH/c11-7-1-4(10(12,13)14)3-15-8(7)5-2-6(5)9(16)17;/h1,3,5-6H,2H2,(H,16,17);1H. The minimum Gasteiger partial charge on any atom is -0.481 e. The average molecular weight is 302 g/mol. The van der Waals surface area contributed by atoms with Gasteiger partial charge >= 0.3 is 12.1 Å². The number of carboxylic acids is 1. The van der Waals surface area contributed by atoms with Crippen LogP contribution in [0, 0.1) is 5.92 Å². The number of alkyl halides is 3. The highest BCUT2D eigenvalue weighted by Crippen LogP contribution is 2.49. The second-order valence-corrected chi connectivity index (χ2v) is 4.28. The van der Waals surface area contributed by atoms with Crippen LogP contribution in [0.5, 0.6) is 0 Å². The van der Waals surface area contributed by atoms with Gasteiger partial charge in [-0.1, -0.05) is 11.6 Å². The molecule has 0 bridgehead atoms. The van der Waals surface area contributed by atoms with Crippen molar-refractivity contribution < 1.29 is 23.1 Å². The Morgan fingerprint density at radius 3 is 2.50 bits per heavy atom. The van der Waals surface area contributed by atoms with Crippen LogP contribution in [0.4, 0.5) is 13.2 Å². The van der Waals surface area contributed by atoms with Gasteiger partial charge in [0, 0.05) is 12.1 Å². The zero-order valence-electron chi connectivity index (χ0n) is 8.74. The Kier molecular flexibility index (Phi) is 4.12. The van der Waals surface area contributed by atoms with Crippen LogP contribution < -0.4 is 0 Å². The Morgan fingerprint density at radius 1 is 1.50 bits per heavy atom. The fourth-order valence-electron chi connectivity index (χ4n) is 1.65. The summed E-state index contributed by atoms with van der Waals surface area (Å²) in [5, 5.41) is 8.58. The van der Waals surface area contributed by atoms with Crippen molar-refractivity contribution >= 4 is 30.0 Å². The van der Waals surface area contributed by atoms with Crippen molar-refractivity contribution in [2.45, 2.75) is 18.5 Å². The summed E-state index contributed by atoms with van der Waals surface area (Å²) in [7, 11) is 0. The number of pyridine rings is 1. The van der Waals surface area contributed by atoms with E-state index in [1.165, 1.54) is 0 Å². The van der Waals surface area contributed by atoms with Gasteiger partial charge in [0.05, 0.1) is 22.2 Å². The van der Waals surface area contributed by atoms with Crippen LogP contribution in [0.1, 0.15) is 23.6 Å². The monoisotopic (exact) mass is 301 g/mol. The topological polar surface area (TPSA) is 50.2 Å². The van der Waals surface area contributed by atoms with Crippen molar-refractivity contribution in [3.05, 3.63) is 28.5 Å². The van der Waals surface area contributed by atoms with Crippen molar-refractivity contribution in [2.24, 2.45) is 5.92 Å². The minimum atomic E-state index is -4.50. The molecule has 1 aromatic heterocycles. The number of aliphatic carboxylic acids is 1. The predicted octanol–water partition coefficient (Wildman–Crippen LogP) is 3.36. The van der Waals surface area contributed by atoms with E-state index in [1.807, 2.05) is 0 Å².